The number of primary amides is 1. The van der Waals surface area contributed by atoms with Crippen molar-refractivity contribution in [2.45, 2.75) is 20.5 Å². The van der Waals surface area contributed by atoms with Gasteiger partial charge in [0.25, 0.3) is 0 Å². The molecule has 0 aliphatic rings. The third-order valence-electron chi connectivity index (χ3n) is 3.10. The Morgan fingerprint density at radius 1 is 1.18 bits per heavy atom. The molecule has 0 radical (unpaired) electrons. The van der Waals surface area contributed by atoms with E-state index in [1.165, 1.54) is 5.56 Å². The van der Waals surface area contributed by atoms with Gasteiger partial charge in [0.2, 0.25) is 5.91 Å². The van der Waals surface area contributed by atoms with Crippen LogP contribution in [0.5, 0.6) is 11.5 Å². The number of carbonyl (C=O) groups is 1. The number of hydrogen-bond donors (Lipinski definition) is 1. The van der Waals surface area contributed by atoms with E-state index in [4.69, 9.17) is 15.2 Å². The fourth-order valence-corrected chi connectivity index (χ4v) is 2.51. The first kappa shape index (κ1) is 16.4. The number of nitrogens with two attached hydrogens (primary N) is 1. The Bertz CT molecular complexity index is 668. The van der Waals surface area contributed by atoms with Gasteiger partial charge in [0.05, 0.1) is 11.1 Å². The van der Waals surface area contributed by atoms with Crippen LogP contribution in [0.2, 0.25) is 0 Å². The molecule has 5 heteroatoms. The second kappa shape index (κ2) is 7.31. The van der Waals surface area contributed by atoms with Gasteiger partial charge < -0.3 is 15.2 Å². The van der Waals surface area contributed by atoms with Crippen molar-refractivity contribution in [2.75, 3.05) is 6.61 Å². The summed E-state index contributed by atoms with van der Waals surface area (Å²) in [6, 6.07) is 11.3. The summed E-state index contributed by atoms with van der Waals surface area (Å²) in [7, 11) is 0. The second-order valence-corrected chi connectivity index (χ2v) is 5.71. The third-order valence-corrected chi connectivity index (χ3v) is 3.69. The van der Waals surface area contributed by atoms with Crippen LogP contribution in [0.4, 0.5) is 0 Å². The maximum absolute atomic E-state index is 11.3. The molecule has 0 aromatic heterocycles. The Morgan fingerprint density at radius 3 is 2.45 bits per heavy atom. The summed E-state index contributed by atoms with van der Waals surface area (Å²) in [5, 5.41) is 0. The van der Waals surface area contributed by atoms with Crippen molar-refractivity contribution in [1.29, 1.82) is 0 Å². The Morgan fingerprint density at radius 2 is 1.86 bits per heavy atom. The van der Waals surface area contributed by atoms with Gasteiger partial charge in [-0.1, -0.05) is 29.8 Å². The zero-order valence-electron chi connectivity index (χ0n) is 12.6. The van der Waals surface area contributed by atoms with E-state index < -0.39 is 5.91 Å². The molecule has 0 spiro atoms. The molecule has 2 N–H and O–H groups in total. The van der Waals surface area contributed by atoms with Crippen LogP contribution >= 0.6 is 15.9 Å². The first-order valence-corrected chi connectivity index (χ1v) is 7.75. The Hall–Kier alpha value is -2.01. The number of halogens is 1. The standard InChI is InChI=1S/C17H18BrNO3/c1-3-21-15-9-13(17(19)20)8-14(18)16(15)22-10-12-6-4-11(2)5-7-12/h4-9H,3,10H2,1-2H3,(H2,19,20). The summed E-state index contributed by atoms with van der Waals surface area (Å²) in [6.07, 6.45) is 0. The van der Waals surface area contributed by atoms with Crippen LogP contribution in [0.25, 0.3) is 0 Å². The van der Waals surface area contributed by atoms with Crippen LogP contribution in [-0.2, 0) is 6.61 Å². The number of aryl methyl sites for hydroxylation is 1. The number of benzene rings is 2. The van der Waals surface area contributed by atoms with Crippen LogP contribution in [-0.4, -0.2) is 12.5 Å². The summed E-state index contributed by atoms with van der Waals surface area (Å²) < 4.78 is 12.0. The van der Waals surface area contributed by atoms with E-state index in [0.717, 1.165) is 5.56 Å². The molecule has 0 heterocycles. The molecular weight excluding hydrogens is 346 g/mol. The van der Waals surface area contributed by atoms with Gasteiger partial charge in [-0.3, -0.25) is 4.79 Å². The van der Waals surface area contributed by atoms with Crippen molar-refractivity contribution in [2.24, 2.45) is 5.73 Å². The molecule has 0 bridgehead atoms. The molecule has 2 aromatic carbocycles. The molecule has 0 unspecified atom stereocenters. The SMILES string of the molecule is CCOc1cc(C(N)=O)cc(Br)c1OCc1ccc(C)cc1. The summed E-state index contributed by atoms with van der Waals surface area (Å²) in [5.41, 5.74) is 7.95. The van der Waals surface area contributed by atoms with Gasteiger partial charge in [0, 0.05) is 5.56 Å². The summed E-state index contributed by atoms with van der Waals surface area (Å²) in [5.74, 6) is 0.553. The van der Waals surface area contributed by atoms with Crippen LogP contribution in [0.15, 0.2) is 40.9 Å². The number of amides is 1. The first-order chi connectivity index (χ1) is 10.5. The van der Waals surface area contributed by atoms with Crippen molar-refractivity contribution in [3.8, 4) is 11.5 Å². The second-order valence-electron chi connectivity index (χ2n) is 4.86. The minimum atomic E-state index is -0.508. The van der Waals surface area contributed by atoms with Gasteiger partial charge >= 0.3 is 0 Å². The predicted molar refractivity (Wildman–Crippen MR) is 89.3 cm³/mol. The molecule has 4 nitrogen and oxygen atoms in total. The molecular formula is C17H18BrNO3. The minimum absolute atomic E-state index is 0.373. The Kier molecular flexibility index (Phi) is 5.44. The van der Waals surface area contributed by atoms with Crippen molar-refractivity contribution in [3.63, 3.8) is 0 Å². The average molecular weight is 364 g/mol. The van der Waals surface area contributed by atoms with Gasteiger partial charge in [-0.25, -0.2) is 0 Å². The van der Waals surface area contributed by atoms with Gasteiger partial charge in [-0.2, -0.15) is 0 Å². The third kappa shape index (κ3) is 4.01. The Labute approximate surface area is 138 Å². The van der Waals surface area contributed by atoms with Crippen molar-refractivity contribution in [1.82, 2.24) is 0 Å². The molecule has 0 atom stereocenters. The Balaban J connectivity index is 2.25. The zero-order valence-corrected chi connectivity index (χ0v) is 14.1. The topological polar surface area (TPSA) is 61.5 Å². The first-order valence-electron chi connectivity index (χ1n) is 6.95. The van der Waals surface area contributed by atoms with E-state index in [1.807, 2.05) is 38.1 Å². The number of hydrogen-bond acceptors (Lipinski definition) is 3. The summed E-state index contributed by atoms with van der Waals surface area (Å²) in [6.45, 7) is 4.79. The highest BCUT2D eigenvalue weighted by Gasteiger charge is 2.14. The van der Waals surface area contributed by atoms with Crippen LogP contribution in [0, 0.1) is 6.92 Å². The van der Waals surface area contributed by atoms with E-state index in [2.05, 4.69) is 15.9 Å². The fraction of sp³-hybridized carbons (Fsp3) is 0.235. The summed E-state index contributed by atoms with van der Waals surface area (Å²) >= 11 is 3.41. The molecule has 22 heavy (non-hydrogen) atoms. The van der Waals surface area contributed by atoms with E-state index in [9.17, 15) is 4.79 Å². The van der Waals surface area contributed by atoms with E-state index in [1.54, 1.807) is 12.1 Å². The minimum Gasteiger partial charge on any atom is -0.490 e. The quantitative estimate of drug-likeness (QED) is 0.847. The highest BCUT2D eigenvalue weighted by molar-refractivity contribution is 9.10. The smallest absolute Gasteiger partial charge is 0.248 e. The van der Waals surface area contributed by atoms with Crippen LogP contribution in [0.3, 0.4) is 0 Å². The van der Waals surface area contributed by atoms with Gasteiger partial charge in [0.1, 0.15) is 6.61 Å². The normalized spacial score (nSPS) is 10.3. The number of carbonyl (C=O) groups excluding carboxylic acids is 1. The molecule has 1 amide bonds. The lowest BCUT2D eigenvalue weighted by molar-refractivity contribution is 0.0999. The van der Waals surface area contributed by atoms with Crippen molar-refractivity contribution < 1.29 is 14.3 Å². The largest absolute Gasteiger partial charge is 0.490 e. The lowest BCUT2D eigenvalue weighted by atomic mass is 10.1. The van der Waals surface area contributed by atoms with Crippen molar-refractivity contribution >= 4 is 21.8 Å². The zero-order chi connectivity index (χ0) is 16.1. The summed E-state index contributed by atoms with van der Waals surface area (Å²) in [4.78, 5) is 11.3. The lowest BCUT2D eigenvalue weighted by Gasteiger charge is -2.15. The molecule has 2 rings (SSSR count). The van der Waals surface area contributed by atoms with E-state index >= 15 is 0 Å². The molecule has 0 fully saturated rings. The number of ether oxygens (including phenoxy) is 2. The maximum atomic E-state index is 11.3. The van der Waals surface area contributed by atoms with Gasteiger partial charge in [0.15, 0.2) is 11.5 Å². The van der Waals surface area contributed by atoms with Gasteiger partial charge in [-0.15, -0.1) is 0 Å². The monoisotopic (exact) mass is 363 g/mol. The van der Waals surface area contributed by atoms with Crippen LogP contribution < -0.4 is 15.2 Å². The van der Waals surface area contributed by atoms with E-state index in [0.29, 0.717) is 34.7 Å². The van der Waals surface area contributed by atoms with Gasteiger partial charge in [-0.05, 0) is 47.5 Å². The molecule has 0 saturated heterocycles. The number of rotatable bonds is 6. The molecule has 0 saturated carbocycles. The van der Waals surface area contributed by atoms with E-state index in [-0.39, 0.29) is 0 Å². The molecule has 0 aliphatic heterocycles. The average Bonchev–Trinajstić information content (AvgIpc) is 2.48. The molecule has 116 valence electrons. The fourth-order valence-electron chi connectivity index (χ4n) is 1.95. The lowest BCUT2D eigenvalue weighted by Crippen LogP contribution is -2.12. The van der Waals surface area contributed by atoms with Crippen LogP contribution in [0.1, 0.15) is 28.4 Å². The molecule has 2 aromatic rings. The predicted octanol–water partition coefficient (Wildman–Crippen LogP) is 3.83. The highest BCUT2D eigenvalue weighted by Crippen LogP contribution is 2.37. The highest BCUT2D eigenvalue weighted by atomic mass is 79.9. The van der Waals surface area contributed by atoms with Crippen molar-refractivity contribution in [3.05, 3.63) is 57.6 Å². The maximum Gasteiger partial charge on any atom is 0.248 e. The molecule has 0 aliphatic carbocycles.